The van der Waals surface area contributed by atoms with E-state index in [1.165, 1.54) is 11.1 Å². The molecule has 3 heterocycles. The van der Waals surface area contributed by atoms with Crippen molar-refractivity contribution in [3.8, 4) is 0 Å². The van der Waals surface area contributed by atoms with Crippen molar-refractivity contribution in [2.24, 2.45) is 11.3 Å². The third-order valence-electron chi connectivity index (χ3n) is 9.24. The van der Waals surface area contributed by atoms with Gasteiger partial charge in [-0.2, -0.15) is 0 Å². The average molecular weight is 621 g/mol. The van der Waals surface area contributed by atoms with Crippen molar-refractivity contribution in [3.63, 3.8) is 0 Å². The van der Waals surface area contributed by atoms with Crippen molar-refractivity contribution in [1.29, 1.82) is 0 Å². The Labute approximate surface area is 250 Å². The van der Waals surface area contributed by atoms with E-state index in [2.05, 4.69) is 62.1 Å². The predicted octanol–water partition coefficient (Wildman–Crippen LogP) is 6.47. The van der Waals surface area contributed by atoms with Gasteiger partial charge in [0.1, 0.15) is 0 Å². The van der Waals surface area contributed by atoms with Crippen LogP contribution in [0, 0.1) is 11.3 Å². The molecule has 3 aliphatic heterocycles. The highest BCUT2D eigenvalue weighted by Gasteiger charge is 2.48. The molecule has 0 aliphatic carbocycles. The molecule has 3 fully saturated rings. The number of carbonyl (C=O) groups excluding carboxylic acids is 2. The monoisotopic (exact) mass is 619 g/mol. The molecule has 1 spiro atoms. The number of piperidine rings is 1. The van der Waals surface area contributed by atoms with E-state index in [-0.39, 0.29) is 11.3 Å². The Morgan fingerprint density at radius 1 is 0.875 bits per heavy atom. The third-order valence-corrected chi connectivity index (χ3v) is 10.0. The first kappa shape index (κ1) is 27.5. The number of rotatable bonds is 6. The van der Waals surface area contributed by atoms with Crippen LogP contribution in [-0.4, -0.2) is 65.8 Å². The molecule has 6 rings (SSSR count). The van der Waals surface area contributed by atoms with Crippen molar-refractivity contribution >= 4 is 39.3 Å². The van der Waals surface area contributed by atoms with Gasteiger partial charge in [0.15, 0.2) is 0 Å². The normalized spacial score (nSPS) is 22.8. The summed E-state index contributed by atoms with van der Waals surface area (Å²) in [5, 5.41) is 0.637. The molecule has 3 aromatic rings. The molecule has 0 bridgehead atoms. The first-order valence-corrected chi connectivity index (χ1v) is 15.4. The van der Waals surface area contributed by atoms with Gasteiger partial charge in [0.25, 0.3) is 5.91 Å². The number of nitrogens with zero attached hydrogens (tertiary/aromatic N) is 3. The van der Waals surface area contributed by atoms with Gasteiger partial charge in [0.05, 0.1) is 5.41 Å². The fourth-order valence-corrected chi connectivity index (χ4v) is 7.28. The minimum atomic E-state index is -0.211. The van der Waals surface area contributed by atoms with Crippen LogP contribution in [0.5, 0.6) is 0 Å². The lowest BCUT2D eigenvalue weighted by Gasteiger charge is -2.39. The van der Waals surface area contributed by atoms with Crippen LogP contribution in [-0.2, 0) is 11.3 Å². The zero-order valence-electron chi connectivity index (χ0n) is 22.6. The maximum absolute atomic E-state index is 13.6. The van der Waals surface area contributed by atoms with Crippen molar-refractivity contribution in [2.45, 2.75) is 31.7 Å². The van der Waals surface area contributed by atoms with Crippen LogP contribution < -0.4 is 0 Å². The number of benzene rings is 3. The molecule has 208 valence electrons. The quantitative estimate of drug-likeness (QED) is 0.317. The topological polar surface area (TPSA) is 43.9 Å². The molecule has 2 amide bonds. The molecule has 0 radical (unpaired) electrons. The molecule has 0 unspecified atom stereocenters. The first-order chi connectivity index (χ1) is 19.4. The van der Waals surface area contributed by atoms with E-state index in [0.717, 1.165) is 63.0 Å². The number of amides is 2. The van der Waals surface area contributed by atoms with E-state index in [1.807, 2.05) is 35.2 Å². The van der Waals surface area contributed by atoms with Crippen LogP contribution in [0.4, 0.5) is 0 Å². The van der Waals surface area contributed by atoms with Crippen LogP contribution in [0.1, 0.15) is 46.7 Å². The largest absolute Gasteiger partial charge is 0.338 e. The second kappa shape index (κ2) is 11.7. The molecule has 3 saturated heterocycles. The van der Waals surface area contributed by atoms with Crippen LogP contribution >= 0.6 is 27.5 Å². The maximum atomic E-state index is 13.6. The molecule has 3 aliphatic rings. The van der Waals surface area contributed by atoms with Gasteiger partial charge in [0.2, 0.25) is 5.91 Å². The van der Waals surface area contributed by atoms with Gasteiger partial charge >= 0.3 is 0 Å². The number of hydrogen-bond donors (Lipinski definition) is 0. The second-order valence-corrected chi connectivity index (χ2v) is 13.0. The lowest BCUT2D eigenvalue weighted by Crippen LogP contribution is -2.46. The summed E-state index contributed by atoms with van der Waals surface area (Å²) in [4.78, 5) is 33.5. The van der Waals surface area contributed by atoms with Gasteiger partial charge in [-0.15, -0.1) is 0 Å². The Balaban J connectivity index is 1.10. The fraction of sp³-hybridized carbons (Fsp3) is 0.394. The molecule has 0 saturated carbocycles. The SMILES string of the molecule is O=C(c1ccc(Cl)cc1)N1C[C@H](CN2CCC3(CC2)CCN(Cc2ccc(Br)cc2)C3=O)[C@@H](c2ccccc2)C1. The summed E-state index contributed by atoms with van der Waals surface area (Å²) in [5.41, 5.74) is 2.94. The van der Waals surface area contributed by atoms with E-state index >= 15 is 0 Å². The molecule has 5 nitrogen and oxygen atoms in total. The van der Waals surface area contributed by atoms with E-state index in [0.29, 0.717) is 34.9 Å². The Bertz CT molecular complexity index is 1340. The maximum Gasteiger partial charge on any atom is 0.253 e. The van der Waals surface area contributed by atoms with Crippen molar-refractivity contribution in [2.75, 3.05) is 39.3 Å². The average Bonchev–Trinajstić information content (AvgIpc) is 3.53. The molecule has 7 heteroatoms. The minimum Gasteiger partial charge on any atom is -0.338 e. The number of carbonyl (C=O) groups is 2. The molecule has 2 atom stereocenters. The summed E-state index contributed by atoms with van der Waals surface area (Å²) in [6.07, 6.45) is 2.78. The van der Waals surface area contributed by atoms with Crippen molar-refractivity contribution in [1.82, 2.24) is 14.7 Å². The highest BCUT2D eigenvalue weighted by atomic mass is 79.9. The molecule has 0 aromatic heterocycles. The van der Waals surface area contributed by atoms with Gasteiger partial charge in [-0.25, -0.2) is 0 Å². The standard InChI is InChI=1S/C33H35BrClN3O2/c34-28-10-6-24(7-11-28)20-37-19-16-33(32(37)40)14-17-36(18-15-33)21-27-22-38(23-30(27)25-4-2-1-3-5-25)31(39)26-8-12-29(35)13-9-26/h1-13,27,30H,14-23H2/t27-,30+/m0/s1. The van der Waals surface area contributed by atoms with Crippen LogP contribution in [0.25, 0.3) is 0 Å². The summed E-state index contributed by atoms with van der Waals surface area (Å²) in [6.45, 7) is 5.80. The van der Waals surface area contributed by atoms with Crippen LogP contribution in [0.15, 0.2) is 83.3 Å². The summed E-state index contributed by atoms with van der Waals surface area (Å²) >= 11 is 9.55. The predicted molar refractivity (Wildman–Crippen MR) is 162 cm³/mol. The zero-order valence-corrected chi connectivity index (χ0v) is 25.0. The lowest BCUT2D eigenvalue weighted by molar-refractivity contribution is -0.139. The summed E-state index contributed by atoms with van der Waals surface area (Å²) in [6, 6.07) is 26.1. The van der Waals surface area contributed by atoms with Crippen molar-refractivity contribution in [3.05, 3.63) is 105 Å². The Morgan fingerprint density at radius 3 is 2.25 bits per heavy atom. The van der Waals surface area contributed by atoms with Crippen LogP contribution in [0.3, 0.4) is 0 Å². The molecular weight excluding hydrogens is 586 g/mol. The zero-order chi connectivity index (χ0) is 27.7. The smallest absolute Gasteiger partial charge is 0.253 e. The summed E-state index contributed by atoms with van der Waals surface area (Å²) < 4.78 is 1.06. The van der Waals surface area contributed by atoms with Crippen LogP contribution in [0.2, 0.25) is 5.02 Å². The van der Waals surface area contributed by atoms with Gasteiger partial charge in [0, 0.05) is 53.7 Å². The first-order valence-electron chi connectivity index (χ1n) is 14.3. The molecule has 3 aromatic carbocycles. The van der Waals surface area contributed by atoms with E-state index in [9.17, 15) is 9.59 Å². The Hall–Kier alpha value is -2.67. The summed E-state index contributed by atoms with van der Waals surface area (Å²) in [5.74, 6) is 1.04. The third kappa shape index (κ3) is 5.72. The molecular formula is C33H35BrClN3O2. The van der Waals surface area contributed by atoms with E-state index in [1.54, 1.807) is 12.1 Å². The van der Waals surface area contributed by atoms with Gasteiger partial charge in [-0.3, -0.25) is 9.59 Å². The van der Waals surface area contributed by atoms with Crippen molar-refractivity contribution < 1.29 is 9.59 Å². The van der Waals surface area contributed by atoms with Gasteiger partial charge in [-0.1, -0.05) is 70.0 Å². The minimum absolute atomic E-state index is 0.0695. The number of halogens is 2. The highest BCUT2D eigenvalue weighted by molar-refractivity contribution is 9.10. The van der Waals surface area contributed by atoms with E-state index < -0.39 is 0 Å². The summed E-state index contributed by atoms with van der Waals surface area (Å²) in [7, 11) is 0. The Kier molecular flexibility index (Phi) is 8.02. The fourth-order valence-electron chi connectivity index (χ4n) is 6.89. The molecule has 0 N–H and O–H groups in total. The van der Waals surface area contributed by atoms with Gasteiger partial charge < -0.3 is 14.7 Å². The highest BCUT2D eigenvalue weighted by Crippen LogP contribution is 2.43. The number of hydrogen-bond acceptors (Lipinski definition) is 3. The van der Waals surface area contributed by atoms with E-state index in [4.69, 9.17) is 11.6 Å². The second-order valence-electron chi connectivity index (χ2n) is 11.7. The van der Waals surface area contributed by atoms with Gasteiger partial charge in [-0.05, 0) is 85.8 Å². The number of likely N-dealkylation sites (tertiary alicyclic amines) is 3. The Morgan fingerprint density at radius 2 is 1.55 bits per heavy atom. The molecule has 40 heavy (non-hydrogen) atoms. The lowest BCUT2D eigenvalue weighted by atomic mass is 9.76.